The Morgan fingerprint density at radius 3 is 2.96 bits per heavy atom. The van der Waals surface area contributed by atoms with Crippen molar-refractivity contribution >= 4 is 29.1 Å². The maximum Gasteiger partial charge on any atom is 0.315 e. The molecule has 1 heterocycles. The molecular formula is C14H13N3O5S. The number of aromatic hydroxyl groups is 1. The molecule has 2 aromatic rings. The van der Waals surface area contributed by atoms with E-state index >= 15 is 0 Å². The normalized spacial score (nSPS) is 10.7. The van der Waals surface area contributed by atoms with E-state index in [1.165, 1.54) is 30.7 Å². The fourth-order valence-electron chi connectivity index (χ4n) is 1.77. The molecule has 1 amide bonds. The molecule has 0 atom stereocenters. The van der Waals surface area contributed by atoms with E-state index in [1.54, 1.807) is 0 Å². The number of phenolic OH excluding ortho intramolecular Hbond substituents is 1. The van der Waals surface area contributed by atoms with E-state index in [1.807, 2.05) is 17.5 Å². The molecule has 23 heavy (non-hydrogen) atoms. The molecule has 0 radical (unpaired) electrons. The fourth-order valence-corrected chi connectivity index (χ4v) is 2.48. The first-order chi connectivity index (χ1) is 11.0. The van der Waals surface area contributed by atoms with Gasteiger partial charge in [0.1, 0.15) is 0 Å². The number of thiophene rings is 1. The summed E-state index contributed by atoms with van der Waals surface area (Å²) in [6.45, 7) is 0. The number of nitrogens with one attached hydrogen (secondary N) is 1. The highest BCUT2D eigenvalue weighted by Gasteiger charge is 2.19. The van der Waals surface area contributed by atoms with Gasteiger partial charge in [0.15, 0.2) is 5.75 Å². The number of benzene rings is 1. The lowest BCUT2D eigenvalue weighted by Gasteiger charge is -2.05. The van der Waals surface area contributed by atoms with Crippen molar-refractivity contribution in [2.75, 3.05) is 7.11 Å². The maximum atomic E-state index is 11.7. The molecule has 0 aliphatic rings. The zero-order valence-electron chi connectivity index (χ0n) is 12.1. The Morgan fingerprint density at radius 2 is 2.35 bits per heavy atom. The summed E-state index contributed by atoms with van der Waals surface area (Å²) in [6.07, 6.45) is 1.44. The van der Waals surface area contributed by atoms with Crippen LogP contribution in [-0.4, -0.2) is 29.3 Å². The van der Waals surface area contributed by atoms with E-state index in [4.69, 9.17) is 4.74 Å². The van der Waals surface area contributed by atoms with Gasteiger partial charge in [-0.3, -0.25) is 14.9 Å². The molecule has 0 saturated heterocycles. The van der Waals surface area contributed by atoms with E-state index in [0.29, 0.717) is 5.56 Å². The first kappa shape index (κ1) is 16.4. The first-order valence-electron chi connectivity index (χ1n) is 6.41. The molecule has 0 aliphatic heterocycles. The summed E-state index contributed by atoms with van der Waals surface area (Å²) >= 11 is 1.46. The first-order valence-corrected chi connectivity index (χ1v) is 7.29. The van der Waals surface area contributed by atoms with Gasteiger partial charge >= 0.3 is 5.69 Å². The monoisotopic (exact) mass is 335 g/mol. The van der Waals surface area contributed by atoms with Crippen LogP contribution in [0.1, 0.15) is 10.4 Å². The number of amides is 1. The SMILES string of the molecule is COc1cc(/C=N/NC(=O)Cc2cccs2)cc([N+](=O)[O-])c1O. The van der Waals surface area contributed by atoms with E-state index in [0.717, 1.165) is 10.9 Å². The van der Waals surface area contributed by atoms with Crippen LogP contribution in [0.5, 0.6) is 11.5 Å². The fraction of sp³-hybridized carbons (Fsp3) is 0.143. The molecule has 120 valence electrons. The van der Waals surface area contributed by atoms with E-state index in [2.05, 4.69) is 10.5 Å². The Morgan fingerprint density at radius 1 is 1.57 bits per heavy atom. The van der Waals surface area contributed by atoms with Crippen molar-refractivity contribution in [2.24, 2.45) is 5.10 Å². The Labute approximate surface area is 135 Å². The summed E-state index contributed by atoms with van der Waals surface area (Å²) in [4.78, 5) is 22.7. The van der Waals surface area contributed by atoms with Crippen molar-refractivity contribution in [2.45, 2.75) is 6.42 Å². The van der Waals surface area contributed by atoms with Crippen molar-refractivity contribution in [3.63, 3.8) is 0 Å². The van der Waals surface area contributed by atoms with Crippen molar-refractivity contribution in [3.05, 3.63) is 50.2 Å². The Kier molecular flexibility index (Phi) is 5.26. The summed E-state index contributed by atoms with van der Waals surface area (Å²) in [6, 6.07) is 6.19. The topological polar surface area (TPSA) is 114 Å². The number of ether oxygens (including phenoxy) is 1. The molecular weight excluding hydrogens is 322 g/mol. The van der Waals surface area contributed by atoms with Crippen LogP contribution in [0, 0.1) is 10.1 Å². The van der Waals surface area contributed by atoms with Gasteiger partial charge in [0.25, 0.3) is 0 Å². The van der Waals surface area contributed by atoms with Gasteiger partial charge in [-0.05, 0) is 17.5 Å². The lowest BCUT2D eigenvalue weighted by molar-refractivity contribution is -0.386. The van der Waals surface area contributed by atoms with Crippen LogP contribution in [0.2, 0.25) is 0 Å². The number of carbonyl (C=O) groups is 1. The highest BCUT2D eigenvalue weighted by molar-refractivity contribution is 7.10. The minimum absolute atomic E-state index is 0.0504. The zero-order valence-corrected chi connectivity index (χ0v) is 12.9. The predicted molar refractivity (Wildman–Crippen MR) is 85.1 cm³/mol. The minimum Gasteiger partial charge on any atom is -0.500 e. The van der Waals surface area contributed by atoms with Crippen LogP contribution in [0.3, 0.4) is 0 Å². The van der Waals surface area contributed by atoms with Gasteiger partial charge in [-0.1, -0.05) is 6.07 Å². The predicted octanol–water partition coefficient (Wildman–Crippen LogP) is 2.06. The molecule has 2 N–H and O–H groups in total. The standard InChI is InChI=1S/C14H13N3O5S/c1-22-12-6-9(5-11(14(12)19)17(20)21)8-15-16-13(18)7-10-3-2-4-23-10/h2-6,8,19H,7H2,1H3,(H,16,18)/b15-8+. The Balaban J connectivity index is 2.08. The largest absolute Gasteiger partial charge is 0.500 e. The highest BCUT2D eigenvalue weighted by atomic mass is 32.1. The molecule has 0 saturated carbocycles. The number of nitro groups is 1. The summed E-state index contributed by atoms with van der Waals surface area (Å²) in [5.41, 5.74) is 2.14. The second-order valence-corrected chi connectivity index (χ2v) is 5.43. The van der Waals surface area contributed by atoms with Gasteiger partial charge in [-0.2, -0.15) is 5.10 Å². The molecule has 8 nitrogen and oxygen atoms in total. The van der Waals surface area contributed by atoms with Crippen LogP contribution < -0.4 is 10.2 Å². The number of hydrogen-bond acceptors (Lipinski definition) is 7. The third kappa shape index (κ3) is 4.27. The number of nitrogens with zero attached hydrogens (tertiary/aromatic N) is 2. The average molecular weight is 335 g/mol. The second-order valence-electron chi connectivity index (χ2n) is 4.40. The summed E-state index contributed by atoms with van der Waals surface area (Å²) < 4.78 is 4.87. The lowest BCUT2D eigenvalue weighted by Crippen LogP contribution is -2.19. The van der Waals surface area contributed by atoms with Crippen molar-refractivity contribution in [1.29, 1.82) is 0 Å². The quantitative estimate of drug-likeness (QED) is 0.476. The molecule has 0 spiro atoms. The van der Waals surface area contributed by atoms with Gasteiger partial charge in [-0.15, -0.1) is 11.3 Å². The Bertz CT molecular complexity index is 743. The number of hydrazone groups is 1. The number of rotatable bonds is 6. The Hall–Kier alpha value is -2.94. The molecule has 2 rings (SSSR count). The number of methoxy groups -OCH3 is 1. The van der Waals surface area contributed by atoms with Crippen molar-refractivity contribution in [1.82, 2.24) is 5.43 Å². The van der Waals surface area contributed by atoms with Crippen molar-refractivity contribution in [3.8, 4) is 11.5 Å². The minimum atomic E-state index is -0.732. The highest BCUT2D eigenvalue weighted by Crippen LogP contribution is 2.36. The molecule has 9 heteroatoms. The average Bonchev–Trinajstić information content (AvgIpc) is 3.01. The maximum absolute atomic E-state index is 11.7. The van der Waals surface area contributed by atoms with Gasteiger partial charge in [-0.25, -0.2) is 5.43 Å². The van der Waals surface area contributed by atoms with Crippen LogP contribution in [-0.2, 0) is 11.2 Å². The molecule has 0 aliphatic carbocycles. The zero-order chi connectivity index (χ0) is 16.8. The van der Waals surface area contributed by atoms with Crippen molar-refractivity contribution < 1.29 is 19.6 Å². The van der Waals surface area contributed by atoms with Gasteiger partial charge in [0.05, 0.1) is 24.7 Å². The summed E-state index contributed by atoms with van der Waals surface area (Å²) in [5, 5.41) is 26.2. The number of hydrogen-bond donors (Lipinski definition) is 2. The third-order valence-corrected chi connectivity index (χ3v) is 3.69. The van der Waals surface area contributed by atoms with Gasteiger partial charge in [0, 0.05) is 16.5 Å². The number of nitro benzene ring substituents is 1. The molecule has 1 aromatic heterocycles. The lowest BCUT2D eigenvalue weighted by atomic mass is 10.2. The third-order valence-electron chi connectivity index (χ3n) is 2.81. The van der Waals surface area contributed by atoms with Gasteiger partial charge < -0.3 is 9.84 Å². The number of phenols is 1. The van der Waals surface area contributed by atoms with Crippen LogP contribution in [0.4, 0.5) is 5.69 Å². The van der Waals surface area contributed by atoms with Crippen LogP contribution >= 0.6 is 11.3 Å². The summed E-state index contributed by atoms with van der Waals surface area (Å²) in [7, 11) is 1.28. The molecule has 0 bridgehead atoms. The van der Waals surface area contributed by atoms with E-state index < -0.39 is 16.4 Å². The molecule has 1 aromatic carbocycles. The number of carbonyl (C=O) groups excluding carboxylic acids is 1. The molecule has 0 fully saturated rings. The molecule has 0 unspecified atom stereocenters. The second kappa shape index (κ2) is 7.36. The smallest absolute Gasteiger partial charge is 0.315 e. The van der Waals surface area contributed by atoms with Crippen LogP contribution in [0.25, 0.3) is 0 Å². The summed E-state index contributed by atoms with van der Waals surface area (Å²) in [5.74, 6) is -0.911. The van der Waals surface area contributed by atoms with Crippen LogP contribution in [0.15, 0.2) is 34.7 Å². The van der Waals surface area contributed by atoms with Gasteiger partial charge in [0.2, 0.25) is 11.7 Å². The van der Waals surface area contributed by atoms with E-state index in [9.17, 15) is 20.0 Å². The van der Waals surface area contributed by atoms with E-state index in [-0.39, 0.29) is 18.1 Å².